The first kappa shape index (κ1) is 21.1. The van der Waals surface area contributed by atoms with Gasteiger partial charge in [0.15, 0.2) is 5.96 Å². The lowest BCUT2D eigenvalue weighted by Crippen LogP contribution is -2.52. The highest BCUT2D eigenvalue weighted by molar-refractivity contribution is 5.80. The van der Waals surface area contributed by atoms with Gasteiger partial charge in [-0.2, -0.15) is 0 Å². The van der Waals surface area contributed by atoms with E-state index >= 15 is 0 Å². The maximum absolute atomic E-state index is 4.94. The maximum atomic E-state index is 4.94. The van der Waals surface area contributed by atoms with E-state index in [9.17, 15) is 0 Å². The molecule has 0 aliphatic carbocycles. The summed E-state index contributed by atoms with van der Waals surface area (Å²) in [6, 6.07) is 2.71. The van der Waals surface area contributed by atoms with Crippen LogP contribution in [-0.2, 0) is 6.54 Å². The fourth-order valence-corrected chi connectivity index (χ4v) is 4.19. The molecule has 3 rings (SSSR count). The third-order valence-corrected chi connectivity index (χ3v) is 5.94. The molecule has 1 aromatic rings. The lowest BCUT2D eigenvalue weighted by Gasteiger charge is -2.36. The average Bonchev–Trinajstić information content (AvgIpc) is 3.22. The van der Waals surface area contributed by atoms with Gasteiger partial charge in [0.1, 0.15) is 6.26 Å². The van der Waals surface area contributed by atoms with Gasteiger partial charge < -0.3 is 19.6 Å². The summed E-state index contributed by atoms with van der Waals surface area (Å²) in [5, 5.41) is 7.50. The second kappa shape index (κ2) is 11.4. The number of aliphatic imine (C=N–C) groups is 1. The van der Waals surface area contributed by atoms with Crippen LogP contribution in [0.15, 0.2) is 21.8 Å². The van der Waals surface area contributed by atoms with Crippen LogP contribution in [0.2, 0.25) is 0 Å². The van der Waals surface area contributed by atoms with E-state index in [1.54, 1.807) is 6.26 Å². The maximum Gasteiger partial charge on any atom is 0.194 e. The summed E-state index contributed by atoms with van der Waals surface area (Å²) in [4.78, 5) is 12.4. The predicted octanol–water partition coefficient (Wildman–Crippen LogP) is 2.41. The summed E-state index contributed by atoms with van der Waals surface area (Å²) in [5.74, 6) is 1.08. The molecular formula is C21H38N6O. The van der Waals surface area contributed by atoms with Crippen molar-refractivity contribution in [1.29, 1.82) is 0 Å². The van der Waals surface area contributed by atoms with Gasteiger partial charge in [0, 0.05) is 57.9 Å². The van der Waals surface area contributed by atoms with Crippen molar-refractivity contribution in [2.24, 2.45) is 4.99 Å². The van der Waals surface area contributed by atoms with Gasteiger partial charge in [-0.3, -0.25) is 9.89 Å². The summed E-state index contributed by atoms with van der Waals surface area (Å²) in [5.41, 5.74) is 1.01. The number of likely N-dealkylation sites (tertiary alicyclic amines) is 1. The van der Waals surface area contributed by atoms with Gasteiger partial charge in [-0.15, -0.1) is 0 Å². The molecule has 3 heterocycles. The third kappa shape index (κ3) is 6.48. The zero-order valence-corrected chi connectivity index (χ0v) is 17.8. The molecule has 0 bridgehead atoms. The summed E-state index contributed by atoms with van der Waals surface area (Å²) in [7, 11) is 0. The Balaban J connectivity index is 1.37. The molecule has 0 spiro atoms. The number of guanidine groups is 1. The van der Waals surface area contributed by atoms with Crippen molar-refractivity contribution in [3.8, 4) is 0 Å². The number of unbranched alkanes of at least 4 members (excludes halogenated alkanes) is 1. The van der Waals surface area contributed by atoms with Crippen molar-refractivity contribution in [2.75, 3.05) is 52.4 Å². The van der Waals surface area contributed by atoms with Crippen LogP contribution in [0.25, 0.3) is 0 Å². The Hall–Kier alpha value is -1.60. The van der Waals surface area contributed by atoms with Gasteiger partial charge in [-0.05, 0) is 52.6 Å². The van der Waals surface area contributed by atoms with E-state index in [2.05, 4.69) is 39.0 Å². The summed E-state index contributed by atoms with van der Waals surface area (Å²) in [6.45, 7) is 13.8. The Bertz CT molecular complexity index is 567. The molecule has 1 N–H and O–H groups in total. The second-order valence-electron chi connectivity index (χ2n) is 8.08. The summed E-state index contributed by atoms with van der Waals surface area (Å²) >= 11 is 0. The molecule has 2 fully saturated rings. The van der Waals surface area contributed by atoms with E-state index in [1.165, 1.54) is 45.2 Å². The molecule has 158 valence electrons. The normalized spacial score (nSPS) is 22.6. The van der Waals surface area contributed by atoms with E-state index in [0.29, 0.717) is 0 Å². The second-order valence-corrected chi connectivity index (χ2v) is 8.08. The molecule has 7 heteroatoms. The number of aromatic nitrogens is 1. The van der Waals surface area contributed by atoms with Crippen molar-refractivity contribution < 1.29 is 4.52 Å². The zero-order chi connectivity index (χ0) is 19.6. The molecule has 2 aliphatic rings. The van der Waals surface area contributed by atoms with Crippen molar-refractivity contribution in [2.45, 2.75) is 58.5 Å². The van der Waals surface area contributed by atoms with Gasteiger partial charge in [0.2, 0.25) is 0 Å². The fraction of sp³-hybridized carbons (Fsp3) is 0.810. The Kier molecular flexibility index (Phi) is 8.61. The highest BCUT2D eigenvalue weighted by atomic mass is 16.5. The zero-order valence-electron chi connectivity index (χ0n) is 17.8. The number of piperidine rings is 1. The van der Waals surface area contributed by atoms with Crippen LogP contribution in [-0.4, -0.2) is 84.2 Å². The molecular weight excluding hydrogens is 352 g/mol. The minimum Gasteiger partial charge on any atom is -0.364 e. The number of nitrogens with zero attached hydrogens (tertiary/aromatic N) is 5. The third-order valence-electron chi connectivity index (χ3n) is 5.94. The fourth-order valence-electron chi connectivity index (χ4n) is 4.19. The minimum atomic E-state index is 0.767. The van der Waals surface area contributed by atoms with E-state index < -0.39 is 0 Å². The quantitative estimate of drug-likeness (QED) is 0.418. The highest BCUT2D eigenvalue weighted by Crippen LogP contribution is 2.16. The van der Waals surface area contributed by atoms with Gasteiger partial charge in [0.25, 0.3) is 0 Å². The van der Waals surface area contributed by atoms with Crippen LogP contribution in [0.5, 0.6) is 0 Å². The van der Waals surface area contributed by atoms with Crippen molar-refractivity contribution >= 4 is 5.96 Å². The molecule has 0 radical (unpaired) electrons. The van der Waals surface area contributed by atoms with Crippen molar-refractivity contribution in [3.05, 3.63) is 18.0 Å². The molecule has 0 aromatic carbocycles. The molecule has 1 atom stereocenters. The first-order chi connectivity index (χ1) is 13.8. The van der Waals surface area contributed by atoms with Crippen LogP contribution in [0.1, 0.15) is 51.6 Å². The number of nitrogens with one attached hydrogen (secondary N) is 1. The molecule has 1 aromatic heterocycles. The van der Waals surface area contributed by atoms with Crippen LogP contribution in [0, 0.1) is 0 Å². The predicted molar refractivity (Wildman–Crippen MR) is 113 cm³/mol. The van der Waals surface area contributed by atoms with Crippen LogP contribution in [0.4, 0.5) is 0 Å². The highest BCUT2D eigenvalue weighted by Gasteiger charge is 2.20. The summed E-state index contributed by atoms with van der Waals surface area (Å²) < 4.78 is 4.94. The van der Waals surface area contributed by atoms with E-state index in [1.807, 2.05) is 6.07 Å². The Morgan fingerprint density at radius 2 is 2.07 bits per heavy atom. The first-order valence-corrected chi connectivity index (χ1v) is 11.1. The van der Waals surface area contributed by atoms with Gasteiger partial charge in [-0.25, -0.2) is 0 Å². The minimum absolute atomic E-state index is 0.767. The Morgan fingerprint density at radius 1 is 1.21 bits per heavy atom. The molecule has 2 saturated heterocycles. The van der Waals surface area contributed by atoms with Gasteiger partial charge in [0.05, 0.1) is 5.69 Å². The van der Waals surface area contributed by atoms with Crippen molar-refractivity contribution in [1.82, 2.24) is 25.2 Å². The average molecular weight is 391 g/mol. The van der Waals surface area contributed by atoms with Crippen LogP contribution in [0.3, 0.4) is 0 Å². The lowest BCUT2D eigenvalue weighted by atomic mass is 10.0. The van der Waals surface area contributed by atoms with Crippen LogP contribution >= 0.6 is 0 Å². The Labute approximate surface area is 170 Å². The molecule has 28 heavy (non-hydrogen) atoms. The van der Waals surface area contributed by atoms with E-state index in [-0.39, 0.29) is 0 Å². The van der Waals surface area contributed by atoms with Crippen molar-refractivity contribution in [3.63, 3.8) is 0 Å². The molecule has 7 nitrogen and oxygen atoms in total. The van der Waals surface area contributed by atoms with Crippen LogP contribution < -0.4 is 5.32 Å². The first-order valence-electron chi connectivity index (χ1n) is 11.1. The van der Waals surface area contributed by atoms with E-state index in [4.69, 9.17) is 9.52 Å². The lowest BCUT2D eigenvalue weighted by molar-refractivity contribution is 0.158. The summed E-state index contributed by atoms with van der Waals surface area (Å²) in [6.07, 6.45) is 8.21. The monoisotopic (exact) mass is 390 g/mol. The number of piperazine rings is 1. The standard InChI is InChI=1S/C21H38N6O/c1-3-22-21(23-10-5-7-12-26-11-6-4-8-19(26)2)27-15-13-25(14-16-27)18-20-9-17-28-24-20/h9,17,19H,3-8,10-16,18H2,1-2H3,(H,22,23). The molecule has 2 aliphatic heterocycles. The Morgan fingerprint density at radius 3 is 2.79 bits per heavy atom. The molecule has 0 saturated carbocycles. The van der Waals surface area contributed by atoms with Gasteiger partial charge >= 0.3 is 0 Å². The molecule has 0 amide bonds. The number of hydrogen-bond acceptors (Lipinski definition) is 5. The van der Waals surface area contributed by atoms with E-state index in [0.717, 1.165) is 63.5 Å². The number of rotatable bonds is 8. The topological polar surface area (TPSA) is 60.1 Å². The SMILES string of the molecule is CCNC(=NCCCCN1CCCCC1C)N1CCN(Cc2ccon2)CC1. The van der Waals surface area contributed by atoms with Gasteiger partial charge in [-0.1, -0.05) is 11.6 Å². The largest absolute Gasteiger partial charge is 0.364 e. The number of hydrogen-bond donors (Lipinski definition) is 1. The molecule has 1 unspecified atom stereocenters. The smallest absolute Gasteiger partial charge is 0.194 e.